The fourth-order valence-electron chi connectivity index (χ4n) is 0.697. The van der Waals surface area contributed by atoms with E-state index in [4.69, 9.17) is 0 Å². The quantitative estimate of drug-likeness (QED) is 0.709. The molecule has 0 aliphatic heterocycles. The monoisotopic (exact) mass is 194 g/mol. The van der Waals surface area contributed by atoms with Crippen molar-refractivity contribution in [1.29, 1.82) is 0 Å². The van der Waals surface area contributed by atoms with Crippen LogP contribution < -0.4 is 0 Å². The molecule has 80 valence electrons. The van der Waals surface area contributed by atoms with E-state index < -0.39 is 0 Å². The largest absolute Gasteiger partial charge is 0.348 e. The van der Waals surface area contributed by atoms with E-state index in [1.807, 2.05) is 46.8 Å². The summed E-state index contributed by atoms with van der Waals surface area (Å²) in [5.74, 6) is 0. The average molecular weight is 194 g/mol. The third-order valence-corrected chi connectivity index (χ3v) is 1.26. The number of hydrogen-bond acceptors (Lipinski definition) is 1. The highest BCUT2D eigenvalue weighted by Gasteiger charge is 1.91. The molecule has 1 rings (SSSR count). The van der Waals surface area contributed by atoms with Crippen LogP contribution in [0.2, 0.25) is 0 Å². The number of nitrogens with one attached hydrogen (secondary N) is 1. The summed E-state index contributed by atoms with van der Waals surface area (Å²) in [5.41, 5.74) is 2.05. The zero-order chi connectivity index (χ0) is 11.4. The molecule has 1 N–H and O–H groups in total. The second-order valence-corrected chi connectivity index (χ2v) is 2.01. The van der Waals surface area contributed by atoms with Crippen molar-refractivity contribution < 1.29 is 0 Å². The maximum atomic E-state index is 4.06. The van der Waals surface area contributed by atoms with Gasteiger partial charge in [0, 0.05) is 5.69 Å². The Balaban J connectivity index is 0. The number of hydrogen-bond donors (Lipinski definition) is 1. The number of aromatic amines is 1. The van der Waals surface area contributed by atoms with Crippen LogP contribution in [0.3, 0.4) is 0 Å². The third kappa shape index (κ3) is 6.23. The Morgan fingerprint density at radius 1 is 1.29 bits per heavy atom. The van der Waals surface area contributed by atoms with Crippen LogP contribution in [-0.4, -0.2) is 9.97 Å². The van der Waals surface area contributed by atoms with Crippen LogP contribution in [0.5, 0.6) is 0 Å². The molecule has 0 radical (unpaired) electrons. The molecule has 2 nitrogen and oxygen atoms in total. The number of allylic oxidation sites excluding steroid dienone is 2. The Hall–Kier alpha value is -1.31. The van der Waals surface area contributed by atoms with Gasteiger partial charge in [0.25, 0.3) is 0 Å². The Labute approximate surface area is 87.8 Å². The van der Waals surface area contributed by atoms with Gasteiger partial charge in [-0.05, 0) is 13.0 Å². The minimum absolute atomic E-state index is 0.972. The smallest absolute Gasteiger partial charge is 0.0929 e. The molecule has 1 aromatic rings. The lowest BCUT2D eigenvalue weighted by Gasteiger charge is -1.84. The molecule has 0 atom stereocenters. The van der Waals surface area contributed by atoms with Gasteiger partial charge in [-0.3, -0.25) is 0 Å². The lowest BCUT2D eigenvalue weighted by atomic mass is 10.3. The molecule has 0 saturated carbocycles. The molecule has 0 spiro atoms. The standard InChI is InChI=1S/C8H10N2.2C2H6/c1-3-4-5-8-7(2)9-6-10-8;2*1-2/h3-6H,1H2,2H3,(H,9,10);2*1-2H3/b5-4-;;. The van der Waals surface area contributed by atoms with Gasteiger partial charge in [0.1, 0.15) is 0 Å². The van der Waals surface area contributed by atoms with Gasteiger partial charge in [0.2, 0.25) is 0 Å². The van der Waals surface area contributed by atoms with E-state index in [9.17, 15) is 0 Å². The van der Waals surface area contributed by atoms with Crippen molar-refractivity contribution in [2.45, 2.75) is 34.6 Å². The third-order valence-electron chi connectivity index (χ3n) is 1.26. The molecule has 0 aliphatic carbocycles. The van der Waals surface area contributed by atoms with Crippen molar-refractivity contribution >= 4 is 6.08 Å². The lowest BCUT2D eigenvalue weighted by molar-refractivity contribution is 1.25. The zero-order valence-electron chi connectivity index (χ0n) is 9.96. The molecular weight excluding hydrogens is 172 g/mol. The van der Waals surface area contributed by atoms with Gasteiger partial charge in [0.15, 0.2) is 0 Å². The van der Waals surface area contributed by atoms with Crippen LogP contribution in [0.15, 0.2) is 25.1 Å². The Kier molecular flexibility index (Phi) is 12.7. The highest BCUT2D eigenvalue weighted by atomic mass is 14.9. The van der Waals surface area contributed by atoms with Crippen LogP contribution in [0.1, 0.15) is 39.1 Å². The fraction of sp³-hybridized carbons (Fsp3) is 0.417. The molecule has 0 aromatic carbocycles. The molecule has 0 saturated heterocycles. The van der Waals surface area contributed by atoms with E-state index in [1.54, 1.807) is 12.4 Å². The van der Waals surface area contributed by atoms with E-state index in [0.29, 0.717) is 0 Å². The van der Waals surface area contributed by atoms with Gasteiger partial charge in [0.05, 0.1) is 12.0 Å². The number of rotatable bonds is 2. The summed E-state index contributed by atoms with van der Waals surface area (Å²) >= 11 is 0. The van der Waals surface area contributed by atoms with Crippen molar-refractivity contribution in [3.63, 3.8) is 0 Å². The average Bonchev–Trinajstić information content (AvgIpc) is 2.67. The van der Waals surface area contributed by atoms with Gasteiger partial charge < -0.3 is 4.98 Å². The van der Waals surface area contributed by atoms with Gasteiger partial charge in [-0.2, -0.15) is 0 Å². The topological polar surface area (TPSA) is 28.7 Å². The first-order chi connectivity index (χ1) is 6.84. The Bertz CT molecular complexity index is 247. The highest BCUT2D eigenvalue weighted by molar-refractivity contribution is 5.48. The summed E-state index contributed by atoms with van der Waals surface area (Å²) in [4.78, 5) is 7.04. The molecule has 0 fully saturated rings. The van der Waals surface area contributed by atoms with Gasteiger partial charge in [-0.1, -0.05) is 46.4 Å². The SMILES string of the molecule is C=C/C=C\c1nc[nH]c1C.CC.CC. The maximum Gasteiger partial charge on any atom is 0.0929 e. The van der Waals surface area contributed by atoms with E-state index in [2.05, 4.69) is 16.5 Å². The van der Waals surface area contributed by atoms with Crippen molar-refractivity contribution in [1.82, 2.24) is 9.97 Å². The molecule has 1 aromatic heterocycles. The minimum atomic E-state index is 0.972. The van der Waals surface area contributed by atoms with Gasteiger partial charge in [-0.15, -0.1) is 0 Å². The van der Waals surface area contributed by atoms with Crippen LogP contribution in [0.4, 0.5) is 0 Å². The minimum Gasteiger partial charge on any atom is -0.348 e. The second kappa shape index (κ2) is 11.7. The summed E-state index contributed by atoms with van der Waals surface area (Å²) in [6.07, 6.45) is 7.19. The van der Waals surface area contributed by atoms with Crippen molar-refractivity contribution in [2.24, 2.45) is 0 Å². The summed E-state index contributed by atoms with van der Waals surface area (Å²) in [5, 5.41) is 0. The predicted octanol–water partition coefficient (Wildman–Crippen LogP) is 3.97. The number of aryl methyl sites for hydroxylation is 1. The van der Waals surface area contributed by atoms with Crippen LogP contribution >= 0.6 is 0 Å². The summed E-state index contributed by atoms with van der Waals surface area (Å²) in [6, 6.07) is 0. The zero-order valence-corrected chi connectivity index (χ0v) is 9.96. The van der Waals surface area contributed by atoms with E-state index >= 15 is 0 Å². The van der Waals surface area contributed by atoms with E-state index in [0.717, 1.165) is 11.4 Å². The fourth-order valence-corrected chi connectivity index (χ4v) is 0.697. The Morgan fingerprint density at radius 3 is 2.21 bits per heavy atom. The highest BCUT2D eigenvalue weighted by Crippen LogP contribution is 2.01. The molecule has 0 aliphatic rings. The summed E-state index contributed by atoms with van der Waals surface area (Å²) < 4.78 is 0. The summed E-state index contributed by atoms with van der Waals surface area (Å²) in [7, 11) is 0. The predicted molar refractivity (Wildman–Crippen MR) is 65.3 cm³/mol. The van der Waals surface area contributed by atoms with Crippen LogP contribution in [0.25, 0.3) is 6.08 Å². The normalized spacial score (nSPS) is 8.36. The second-order valence-electron chi connectivity index (χ2n) is 2.01. The van der Waals surface area contributed by atoms with Crippen LogP contribution in [0, 0.1) is 6.92 Å². The summed E-state index contributed by atoms with van der Waals surface area (Å²) in [6.45, 7) is 13.5. The number of aromatic nitrogens is 2. The molecule has 14 heavy (non-hydrogen) atoms. The van der Waals surface area contributed by atoms with Gasteiger partial charge in [-0.25, -0.2) is 4.98 Å². The van der Waals surface area contributed by atoms with E-state index in [-0.39, 0.29) is 0 Å². The maximum absolute atomic E-state index is 4.06. The lowest BCUT2D eigenvalue weighted by Crippen LogP contribution is -1.74. The molecule has 0 amide bonds. The Morgan fingerprint density at radius 2 is 1.86 bits per heavy atom. The van der Waals surface area contributed by atoms with Gasteiger partial charge >= 0.3 is 0 Å². The van der Waals surface area contributed by atoms with E-state index in [1.165, 1.54) is 0 Å². The molecular formula is C12H22N2. The van der Waals surface area contributed by atoms with Crippen molar-refractivity contribution in [2.75, 3.05) is 0 Å². The number of imidazole rings is 1. The van der Waals surface area contributed by atoms with Crippen molar-refractivity contribution in [3.05, 3.63) is 36.4 Å². The molecule has 0 unspecified atom stereocenters. The molecule has 1 heterocycles. The number of H-pyrrole nitrogens is 1. The van der Waals surface area contributed by atoms with Crippen LogP contribution in [-0.2, 0) is 0 Å². The first kappa shape index (κ1) is 15.2. The molecule has 0 bridgehead atoms. The number of nitrogens with zero attached hydrogens (tertiary/aromatic N) is 1. The molecule has 2 heteroatoms. The van der Waals surface area contributed by atoms with Crippen molar-refractivity contribution in [3.8, 4) is 0 Å². The first-order valence-electron chi connectivity index (χ1n) is 5.13. The first-order valence-corrected chi connectivity index (χ1v) is 5.13.